The number of anilines is 1. The third kappa shape index (κ3) is 6.52. The first kappa shape index (κ1) is 22.7. The molecule has 1 atom stereocenters. The van der Waals surface area contributed by atoms with Gasteiger partial charge in [0.1, 0.15) is 5.75 Å². The molecule has 1 saturated carbocycles. The molecule has 1 aliphatic carbocycles. The quantitative estimate of drug-likeness (QED) is 0.310. The molecule has 162 valence electrons. The number of hydrogen-bond acceptors (Lipinski definition) is 3. The minimum Gasteiger partial charge on any atom is -0.493 e. The Morgan fingerprint density at radius 3 is 2.53 bits per heavy atom. The summed E-state index contributed by atoms with van der Waals surface area (Å²) >= 11 is 0. The predicted octanol–water partition coefficient (Wildman–Crippen LogP) is 4.28. The lowest BCUT2D eigenvalue weighted by Crippen LogP contribution is -2.40. The van der Waals surface area contributed by atoms with E-state index in [0.717, 1.165) is 43.9 Å². The topological polar surface area (TPSA) is 48.9 Å². The lowest BCUT2D eigenvalue weighted by Gasteiger charge is -2.19. The van der Waals surface area contributed by atoms with Crippen molar-refractivity contribution in [2.45, 2.75) is 25.8 Å². The Kier molecular flexibility index (Phi) is 8.66. The molecule has 4 rings (SSSR count). The van der Waals surface area contributed by atoms with Crippen LogP contribution in [0.5, 0.6) is 5.75 Å². The molecule has 0 spiro atoms. The minimum absolute atomic E-state index is 0. The van der Waals surface area contributed by atoms with Crippen molar-refractivity contribution < 1.29 is 4.74 Å². The van der Waals surface area contributed by atoms with E-state index in [4.69, 9.17) is 4.74 Å². The first-order valence-corrected chi connectivity index (χ1v) is 10.8. The smallest absolute Gasteiger partial charge is 0.191 e. The summed E-state index contributed by atoms with van der Waals surface area (Å²) in [5.41, 5.74) is 2.49. The molecule has 30 heavy (non-hydrogen) atoms. The molecule has 2 aromatic carbocycles. The number of aliphatic imine (C=N–C) groups is 1. The Hall–Kier alpha value is -1.96. The highest BCUT2D eigenvalue weighted by Crippen LogP contribution is 2.30. The molecule has 0 amide bonds. The lowest BCUT2D eigenvalue weighted by atomic mass is 10.1. The molecule has 0 bridgehead atoms. The highest BCUT2D eigenvalue weighted by atomic mass is 127. The second-order valence-corrected chi connectivity index (χ2v) is 8.11. The maximum Gasteiger partial charge on any atom is 0.191 e. The first-order chi connectivity index (χ1) is 14.3. The molecule has 2 aliphatic rings. The van der Waals surface area contributed by atoms with Crippen molar-refractivity contribution in [3.8, 4) is 5.75 Å². The van der Waals surface area contributed by atoms with Gasteiger partial charge in [-0.05, 0) is 49.3 Å². The van der Waals surface area contributed by atoms with E-state index in [1.807, 2.05) is 13.1 Å². The second kappa shape index (κ2) is 11.4. The summed E-state index contributed by atoms with van der Waals surface area (Å²) in [5, 5.41) is 6.95. The van der Waals surface area contributed by atoms with Crippen LogP contribution in [0.3, 0.4) is 0 Å². The zero-order chi connectivity index (χ0) is 19.9. The highest BCUT2D eigenvalue weighted by Gasteiger charge is 2.23. The van der Waals surface area contributed by atoms with E-state index in [1.165, 1.54) is 30.5 Å². The van der Waals surface area contributed by atoms with E-state index < -0.39 is 0 Å². The molecule has 6 heteroatoms. The number of nitrogens with one attached hydrogen (secondary N) is 2. The first-order valence-electron chi connectivity index (χ1n) is 10.8. The molecule has 1 aliphatic heterocycles. The van der Waals surface area contributed by atoms with Crippen LogP contribution in [0.1, 0.15) is 24.8 Å². The molecule has 2 N–H and O–H groups in total. The van der Waals surface area contributed by atoms with Gasteiger partial charge < -0.3 is 20.3 Å². The molecule has 2 aromatic rings. The fourth-order valence-corrected chi connectivity index (χ4v) is 3.80. The van der Waals surface area contributed by atoms with Crippen LogP contribution in [0, 0.1) is 11.8 Å². The van der Waals surface area contributed by atoms with Gasteiger partial charge in [-0.2, -0.15) is 0 Å². The van der Waals surface area contributed by atoms with Crippen LogP contribution in [0.25, 0.3) is 0 Å². The van der Waals surface area contributed by atoms with Crippen molar-refractivity contribution in [3.63, 3.8) is 0 Å². The van der Waals surface area contributed by atoms with Crippen molar-refractivity contribution >= 4 is 35.6 Å². The van der Waals surface area contributed by atoms with E-state index in [2.05, 4.69) is 69.1 Å². The van der Waals surface area contributed by atoms with Crippen LogP contribution >= 0.6 is 24.0 Å². The Bertz CT molecular complexity index is 810. The summed E-state index contributed by atoms with van der Waals surface area (Å²) < 4.78 is 6.02. The average Bonchev–Trinajstić information content (AvgIpc) is 3.49. The maximum atomic E-state index is 6.02. The fourth-order valence-electron chi connectivity index (χ4n) is 3.80. The fraction of sp³-hybridized carbons (Fsp3) is 0.458. The van der Waals surface area contributed by atoms with Crippen LogP contribution in [0.15, 0.2) is 59.6 Å². The summed E-state index contributed by atoms with van der Waals surface area (Å²) in [4.78, 5) is 6.86. The van der Waals surface area contributed by atoms with Crippen molar-refractivity contribution in [1.82, 2.24) is 10.6 Å². The van der Waals surface area contributed by atoms with Gasteiger partial charge in [-0.3, -0.25) is 4.99 Å². The normalized spacial score (nSPS) is 18.6. The molecule has 0 radical (unpaired) electrons. The van der Waals surface area contributed by atoms with Gasteiger partial charge >= 0.3 is 0 Å². The summed E-state index contributed by atoms with van der Waals surface area (Å²) in [5.74, 6) is 3.21. The van der Waals surface area contributed by atoms with Crippen molar-refractivity contribution in [2.24, 2.45) is 16.8 Å². The van der Waals surface area contributed by atoms with Gasteiger partial charge in [0.25, 0.3) is 0 Å². The van der Waals surface area contributed by atoms with Gasteiger partial charge in [0, 0.05) is 44.5 Å². The Labute approximate surface area is 197 Å². The van der Waals surface area contributed by atoms with Crippen LogP contribution in [-0.2, 0) is 6.54 Å². The molecular formula is C24H33IN4O. The molecular weight excluding hydrogens is 487 g/mol. The number of benzene rings is 2. The number of ether oxygens (including phenoxy) is 1. The Morgan fingerprint density at radius 2 is 1.77 bits per heavy atom. The predicted molar refractivity (Wildman–Crippen MR) is 135 cm³/mol. The number of hydrogen-bond donors (Lipinski definition) is 2. The third-order valence-electron chi connectivity index (χ3n) is 5.78. The average molecular weight is 520 g/mol. The zero-order valence-corrected chi connectivity index (χ0v) is 20.0. The molecule has 2 fully saturated rings. The standard InChI is InChI=1S/C24H32N4O.HI/c1-25-24(26-15-20-13-14-28(17-20)22-8-3-2-4-9-22)27-16-21-7-5-6-10-23(21)29-18-19-11-12-19;/h2-10,19-20H,11-18H2,1H3,(H2,25,26,27);1H. The summed E-state index contributed by atoms with van der Waals surface area (Å²) in [6, 6.07) is 19.0. The van der Waals surface area contributed by atoms with Crippen molar-refractivity contribution in [3.05, 3.63) is 60.2 Å². The summed E-state index contributed by atoms with van der Waals surface area (Å²) in [6.45, 7) is 4.69. The van der Waals surface area contributed by atoms with Gasteiger partial charge in [0.15, 0.2) is 5.96 Å². The number of rotatable bonds is 8. The summed E-state index contributed by atoms with van der Waals surface area (Å²) in [6.07, 6.45) is 3.82. The SMILES string of the molecule is CN=C(NCc1ccccc1OCC1CC1)NCC1CCN(c2ccccc2)C1.I. The van der Waals surface area contributed by atoms with E-state index in [-0.39, 0.29) is 24.0 Å². The van der Waals surface area contributed by atoms with Gasteiger partial charge in [-0.1, -0.05) is 36.4 Å². The molecule has 5 nitrogen and oxygen atoms in total. The van der Waals surface area contributed by atoms with E-state index in [0.29, 0.717) is 12.5 Å². The van der Waals surface area contributed by atoms with Crippen molar-refractivity contribution in [2.75, 3.05) is 38.2 Å². The number of nitrogens with zero attached hydrogens (tertiary/aromatic N) is 2. The number of halogens is 1. The molecule has 0 aromatic heterocycles. The van der Waals surface area contributed by atoms with Gasteiger partial charge in [0.05, 0.1) is 6.61 Å². The maximum absolute atomic E-state index is 6.02. The molecule has 1 saturated heterocycles. The van der Waals surface area contributed by atoms with Gasteiger partial charge in [-0.25, -0.2) is 0 Å². The van der Waals surface area contributed by atoms with E-state index in [1.54, 1.807) is 0 Å². The van der Waals surface area contributed by atoms with Crippen LogP contribution in [0.2, 0.25) is 0 Å². The number of para-hydroxylation sites is 2. The minimum atomic E-state index is 0. The van der Waals surface area contributed by atoms with E-state index >= 15 is 0 Å². The van der Waals surface area contributed by atoms with Gasteiger partial charge in [-0.15, -0.1) is 24.0 Å². The van der Waals surface area contributed by atoms with Crippen LogP contribution in [0.4, 0.5) is 5.69 Å². The largest absolute Gasteiger partial charge is 0.493 e. The molecule has 1 unspecified atom stereocenters. The van der Waals surface area contributed by atoms with Crippen LogP contribution in [-0.4, -0.2) is 39.2 Å². The molecule has 1 heterocycles. The zero-order valence-electron chi connectivity index (χ0n) is 17.7. The second-order valence-electron chi connectivity index (χ2n) is 8.11. The Balaban J connectivity index is 0.00000256. The highest BCUT2D eigenvalue weighted by molar-refractivity contribution is 14.0. The van der Waals surface area contributed by atoms with Crippen LogP contribution < -0.4 is 20.3 Å². The Morgan fingerprint density at radius 1 is 1.00 bits per heavy atom. The monoisotopic (exact) mass is 520 g/mol. The summed E-state index contributed by atoms with van der Waals surface area (Å²) in [7, 11) is 1.83. The van der Waals surface area contributed by atoms with E-state index in [9.17, 15) is 0 Å². The third-order valence-corrected chi connectivity index (χ3v) is 5.78. The lowest BCUT2D eigenvalue weighted by molar-refractivity contribution is 0.296. The van der Waals surface area contributed by atoms with Crippen molar-refractivity contribution in [1.29, 1.82) is 0 Å². The number of guanidine groups is 1. The van der Waals surface area contributed by atoms with Gasteiger partial charge in [0.2, 0.25) is 0 Å².